The second kappa shape index (κ2) is 14.3. The molecule has 3 aromatic carbocycles. The molecule has 0 fully saturated rings. The molecule has 0 aliphatic rings. The van der Waals surface area contributed by atoms with E-state index in [1.54, 1.807) is 7.11 Å². The molecule has 0 saturated carbocycles. The summed E-state index contributed by atoms with van der Waals surface area (Å²) in [5.41, 5.74) is 3.02. The van der Waals surface area contributed by atoms with E-state index >= 15 is 0 Å². The number of hydrogen-bond acceptors (Lipinski definition) is 5. The second-order valence-corrected chi connectivity index (χ2v) is 9.98. The molecule has 0 saturated heterocycles. The van der Waals surface area contributed by atoms with Gasteiger partial charge in [0, 0.05) is 34.0 Å². The highest BCUT2D eigenvalue weighted by Crippen LogP contribution is 2.43. The number of carbonyl (C=O) groups is 2. The van der Waals surface area contributed by atoms with E-state index in [0.29, 0.717) is 12.6 Å². The fourth-order valence-corrected chi connectivity index (χ4v) is 5.32. The van der Waals surface area contributed by atoms with E-state index in [4.69, 9.17) is 14.0 Å². The molecule has 6 heteroatoms. The van der Waals surface area contributed by atoms with Crippen LogP contribution in [-0.4, -0.2) is 25.2 Å². The molecule has 0 heterocycles. The predicted molar refractivity (Wildman–Crippen MR) is 134 cm³/mol. The molecule has 0 aromatic heterocycles. The van der Waals surface area contributed by atoms with Crippen LogP contribution in [0.25, 0.3) is 0 Å². The van der Waals surface area contributed by atoms with Crippen LogP contribution >= 0.6 is 8.15 Å². The Morgan fingerprint density at radius 1 is 0.735 bits per heavy atom. The van der Waals surface area contributed by atoms with Crippen molar-refractivity contribution in [1.82, 2.24) is 0 Å². The molecule has 3 rings (SSSR count). The van der Waals surface area contributed by atoms with Crippen molar-refractivity contribution in [3.05, 3.63) is 108 Å². The van der Waals surface area contributed by atoms with Crippen molar-refractivity contribution in [2.45, 2.75) is 32.2 Å². The molecule has 5 nitrogen and oxygen atoms in total. The highest BCUT2D eigenvalue weighted by molar-refractivity contribution is 7.51. The standard InChI is InChI=1S/C28H31O5P/c1-31-34(21-25-15-9-4-10-16-25)22-26(28(30)33-20-24-13-7-3-8-14-24)17-18-27(29)32-19-23-11-5-2-6-12-23/h2-16,26H,17-22H2,1H3. The van der Waals surface area contributed by atoms with Gasteiger partial charge >= 0.3 is 11.9 Å². The number of hydrogen-bond donors (Lipinski definition) is 0. The molecule has 0 spiro atoms. The molecule has 0 bridgehead atoms. The van der Waals surface area contributed by atoms with Crippen molar-refractivity contribution >= 4 is 20.1 Å². The monoisotopic (exact) mass is 478 g/mol. The minimum atomic E-state index is -0.899. The van der Waals surface area contributed by atoms with Gasteiger partial charge < -0.3 is 14.0 Å². The summed E-state index contributed by atoms with van der Waals surface area (Å²) in [6, 6.07) is 29.2. The summed E-state index contributed by atoms with van der Waals surface area (Å²) in [5, 5.41) is 0. The van der Waals surface area contributed by atoms with Gasteiger partial charge in [-0.05, 0) is 23.1 Å². The summed E-state index contributed by atoms with van der Waals surface area (Å²) in [6.07, 6.45) is 1.78. The topological polar surface area (TPSA) is 61.8 Å². The van der Waals surface area contributed by atoms with Gasteiger partial charge in [-0.2, -0.15) is 0 Å². The van der Waals surface area contributed by atoms with Gasteiger partial charge in [-0.15, -0.1) is 0 Å². The molecule has 0 radical (unpaired) electrons. The first-order valence-corrected chi connectivity index (χ1v) is 13.0. The van der Waals surface area contributed by atoms with Gasteiger partial charge in [0.25, 0.3) is 0 Å². The normalized spacial score (nSPS) is 12.5. The lowest BCUT2D eigenvalue weighted by atomic mass is 10.1. The molecule has 0 aliphatic heterocycles. The molecule has 0 amide bonds. The maximum atomic E-state index is 13.0. The minimum Gasteiger partial charge on any atom is -0.461 e. The maximum Gasteiger partial charge on any atom is 0.309 e. The van der Waals surface area contributed by atoms with Crippen LogP contribution in [0.2, 0.25) is 0 Å². The number of benzene rings is 3. The van der Waals surface area contributed by atoms with Crippen molar-refractivity contribution in [2.24, 2.45) is 5.92 Å². The van der Waals surface area contributed by atoms with E-state index in [9.17, 15) is 9.59 Å². The Morgan fingerprint density at radius 3 is 1.76 bits per heavy atom. The zero-order valence-corrected chi connectivity index (χ0v) is 20.4. The zero-order valence-electron chi connectivity index (χ0n) is 19.5. The second-order valence-electron chi connectivity index (χ2n) is 7.97. The highest BCUT2D eigenvalue weighted by Gasteiger charge is 2.26. The van der Waals surface area contributed by atoms with Crippen molar-refractivity contribution in [1.29, 1.82) is 0 Å². The van der Waals surface area contributed by atoms with E-state index in [-0.39, 0.29) is 31.6 Å². The predicted octanol–water partition coefficient (Wildman–Crippen LogP) is 6.11. The lowest BCUT2D eigenvalue weighted by molar-refractivity contribution is -0.150. The van der Waals surface area contributed by atoms with Crippen LogP contribution in [0.4, 0.5) is 0 Å². The Kier molecular flexibility index (Phi) is 10.8. The molecule has 34 heavy (non-hydrogen) atoms. The van der Waals surface area contributed by atoms with Crippen LogP contribution in [-0.2, 0) is 43.0 Å². The van der Waals surface area contributed by atoms with Gasteiger partial charge in [-0.1, -0.05) is 91.0 Å². The van der Waals surface area contributed by atoms with E-state index in [0.717, 1.165) is 22.9 Å². The van der Waals surface area contributed by atoms with Crippen molar-refractivity contribution < 1.29 is 23.6 Å². The summed E-state index contributed by atoms with van der Waals surface area (Å²) in [6.45, 7) is 0.430. The highest BCUT2D eigenvalue weighted by atomic mass is 31.1. The molecular formula is C28H31O5P. The van der Waals surface area contributed by atoms with Crippen LogP contribution in [0.5, 0.6) is 0 Å². The van der Waals surface area contributed by atoms with Crippen molar-refractivity contribution in [3.63, 3.8) is 0 Å². The van der Waals surface area contributed by atoms with E-state index < -0.39 is 14.1 Å². The zero-order chi connectivity index (χ0) is 24.0. The first-order chi connectivity index (χ1) is 16.6. The van der Waals surface area contributed by atoms with Crippen molar-refractivity contribution in [2.75, 3.05) is 13.3 Å². The third-order valence-electron chi connectivity index (χ3n) is 5.38. The lowest BCUT2D eigenvalue weighted by Crippen LogP contribution is -2.22. The summed E-state index contributed by atoms with van der Waals surface area (Å²) in [4.78, 5) is 25.4. The fraction of sp³-hybridized carbons (Fsp3) is 0.286. The van der Waals surface area contributed by atoms with Gasteiger partial charge in [-0.3, -0.25) is 9.59 Å². The summed E-state index contributed by atoms with van der Waals surface area (Å²) >= 11 is 0. The maximum absolute atomic E-state index is 13.0. The quantitative estimate of drug-likeness (QED) is 0.219. The Balaban J connectivity index is 1.58. The van der Waals surface area contributed by atoms with Gasteiger partial charge in [0.05, 0.1) is 5.92 Å². The van der Waals surface area contributed by atoms with Gasteiger partial charge in [-0.25, -0.2) is 0 Å². The molecule has 2 atom stereocenters. The average molecular weight is 479 g/mol. The Morgan fingerprint density at radius 2 is 1.24 bits per heavy atom. The van der Waals surface area contributed by atoms with Crippen LogP contribution in [0.1, 0.15) is 29.5 Å². The summed E-state index contributed by atoms with van der Waals surface area (Å²) in [5.74, 6) is -1.07. The SMILES string of the molecule is COP(Cc1ccccc1)CC(CCC(=O)OCc1ccccc1)C(=O)OCc1ccccc1. The van der Waals surface area contributed by atoms with Gasteiger partial charge in [0.2, 0.25) is 0 Å². The third-order valence-corrected chi connectivity index (χ3v) is 7.46. The fourth-order valence-electron chi connectivity index (χ4n) is 3.47. The van der Waals surface area contributed by atoms with Crippen LogP contribution in [0.15, 0.2) is 91.0 Å². The van der Waals surface area contributed by atoms with E-state index in [1.165, 1.54) is 0 Å². The first kappa shape index (κ1) is 25.6. The number of esters is 2. The number of ether oxygens (including phenoxy) is 2. The minimum absolute atomic E-state index is 0.149. The van der Waals surface area contributed by atoms with Crippen LogP contribution in [0, 0.1) is 5.92 Å². The Hall–Kier alpha value is -3.01. The van der Waals surface area contributed by atoms with Gasteiger partial charge in [0.1, 0.15) is 13.2 Å². The number of rotatable bonds is 13. The first-order valence-electron chi connectivity index (χ1n) is 11.4. The third kappa shape index (κ3) is 9.09. The largest absolute Gasteiger partial charge is 0.461 e. The van der Waals surface area contributed by atoms with Crippen LogP contribution in [0.3, 0.4) is 0 Å². The smallest absolute Gasteiger partial charge is 0.309 e. The molecular weight excluding hydrogens is 447 g/mol. The summed E-state index contributed by atoms with van der Waals surface area (Å²) < 4.78 is 16.8. The van der Waals surface area contributed by atoms with E-state index in [1.807, 2.05) is 78.9 Å². The van der Waals surface area contributed by atoms with Crippen LogP contribution < -0.4 is 0 Å². The van der Waals surface area contributed by atoms with Crippen molar-refractivity contribution in [3.8, 4) is 0 Å². The van der Waals surface area contributed by atoms with E-state index in [2.05, 4.69) is 12.1 Å². The molecule has 3 aromatic rings. The Bertz CT molecular complexity index is 995. The number of carbonyl (C=O) groups excluding carboxylic acids is 2. The molecule has 2 unspecified atom stereocenters. The lowest BCUT2D eigenvalue weighted by Gasteiger charge is -2.22. The average Bonchev–Trinajstić information content (AvgIpc) is 2.89. The molecule has 178 valence electrons. The molecule has 0 N–H and O–H groups in total. The summed E-state index contributed by atoms with van der Waals surface area (Å²) in [7, 11) is 0.776. The molecule has 0 aliphatic carbocycles. The van der Waals surface area contributed by atoms with Gasteiger partial charge in [0.15, 0.2) is 0 Å². The Labute approximate surface area is 202 Å².